The molecule has 30 heavy (non-hydrogen) atoms. The van der Waals surface area contributed by atoms with Crippen LogP contribution in [0.2, 0.25) is 0 Å². The maximum Gasteiger partial charge on any atom is 0.191 e. The average Bonchev–Trinajstić information content (AvgIpc) is 2.71. The van der Waals surface area contributed by atoms with Gasteiger partial charge < -0.3 is 4.48 Å². The van der Waals surface area contributed by atoms with E-state index < -0.39 is 0 Å². The molecule has 0 spiro atoms. The van der Waals surface area contributed by atoms with Gasteiger partial charge in [-0.25, -0.2) is 0 Å². The van der Waals surface area contributed by atoms with Crippen LogP contribution in [0, 0.1) is 19.8 Å². The Balaban J connectivity index is 0.00000320. The molecule has 0 saturated carbocycles. The number of carbonyl (C=O) groups excluding carboxylic acids is 2. The van der Waals surface area contributed by atoms with E-state index in [1.165, 1.54) is 16.7 Å². The van der Waals surface area contributed by atoms with E-state index in [9.17, 15) is 9.59 Å². The van der Waals surface area contributed by atoms with Crippen molar-refractivity contribution in [1.82, 2.24) is 0 Å². The minimum absolute atomic E-state index is 0. The average molecular weight is 481 g/mol. The first-order chi connectivity index (χ1) is 13.9. The molecule has 2 aromatic rings. The van der Waals surface area contributed by atoms with Crippen molar-refractivity contribution >= 4 is 11.6 Å². The summed E-state index contributed by atoms with van der Waals surface area (Å²) in [5.41, 5.74) is 4.78. The van der Waals surface area contributed by atoms with Crippen LogP contribution in [-0.2, 0) is 55.3 Å². The quantitative estimate of drug-likeness (QED) is 0.507. The Bertz CT molecular complexity index is 844. The molecule has 1 aliphatic rings. The topological polar surface area (TPSA) is 34.1 Å². The summed E-state index contributed by atoms with van der Waals surface area (Å²) in [6, 6.07) is 16.6. The molecule has 157 valence electrons. The van der Waals surface area contributed by atoms with Crippen molar-refractivity contribution in [2.24, 2.45) is 5.92 Å². The smallest absolute Gasteiger partial charge is 0.191 e. The van der Waals surface area contributed by atoms with E-state index >= 15 is 0 Å². The Morgan fingerprint density at radius 3 is 2.30 bits per heavy atom. The Hall–Kier alpha value is -1.16. The molecular formula is C26H34NO2Y+. The van der Waals surface area contributed by atoms with Crippen molar-refractivity contribution in [3.8, 4) is 0 Å². The van der Waals surface area contributed by atoms with Crippen LogP contribution in [0.1, 0.15) is 48.4 Å². The summed E-state index contributed by atoms with van der Waals surface area (Å²) in [7, 11) is 0. The second-order valence-corrected chi connectivity index (χ2v) is 8.79. The Morgan fingerprint density at radius 2 is 1.67 bits per heavy atom. The van der Waals surface area contributed by atoms with Crippen LogP contribution in [0.5, 0.6) is 0 Å². The zero-order chi connectivity index (χ0) is 20.9. The molecule has 0 bridgehead atoms. The summed E-state index contributed by atoms with van der Waals surface area (Å²) in [4.78, 5) is 25.7. The summed E-state index contributed by atoms with van der Waals surface area (Å²) < 4.78 is 0.712. The maximum atomic E-state index is 13.2. The van der Waals surface area contributed by atoms with E-state index in [0.29, 0.717) is 29.7 Å². The number of rotatable bonds is 8. The summed E-state index contributed by atoms with van der Waals surface area (Å²) in [6.45, 7) is 9.22. The van der Waals surface area contributed by atoms with Gasteiger partial charge in [-0.2, -0.15) is 0 Å². The number of aryl methyl sites for hydroxylation is 2. The predicted octanol–water partition coefficient (Wildman–Crippen LogP) is 4.82. The Labute approximate surface area is 206 Å². The van der Waals surface area contributed by atoms with Crippen LogP contribution >= 0.6 is 0 Å². The number of piperidine rings is 1. The van der Waals surface area contributed by atoms with Gasteiger partial charge in [0, 0.05) is 51.1 Å². The number of carbonyl (C=O) groups is 2. The van der Waals surface area contributed by atoms with Gasteiger partial charge in [-0.1, -0.05) is 55.5 Å². The third kappa shape index (κ3) is 6.42. The van der Waals surface area contributed by atoms with Gasteiger partial charge in [-0.15, -0.1) is 0 Å². The van der Waals surface area contributed by atoms with Crippen molar-refractivity contribution in [1.29, 1.82) is 0 Å². The van der Waals surface area contributed by atoms with Gasteiger partial charge >= 0.3 is 0 Å². The van der Waals surface area contributed by atoms with E-state index in [-0.39, 0.29) is 44.4 Å². The van der Waals surface area contributed by atoms with Crippen LogP contribution in [0.25, 0.3) is 0 Å². The molecule has 3 nitrogen and oxygen atoms in total. The molecule has 1 fully saturated rings. The van der Waals surface area contributed by atoms with Gasteiger partial charge in [0.15, 0.2) is 5.78 Å². The first kappa shape index (κ1) is 25.1. The van der Waals surface area contributed by atoms with E-state index in [2.05, 4.69) is 50.2 Å². The van der Waals surface area contributed by atoms with Crippen LogP contribution in [0.4, 0.5) is 0 Å². The SMILES string of the molecule is CCC(=O)C1CCC[N+](CC(=O)Cc2c(C)cccc2C)(Cc2ccccc2)C1.[Y]. The van der Waals surface area contributed by atoms with Gasteiger partial charge in [0.1, 0.15) is 18.9 Å². The minimum Gasteiger partial charge on any atom is -0.313 e. The second-order valence-electron chi connectivity index (χ2n) is 8.79. The standard InChI is InChI=1S/C26H34NO2.Y/c1-4-26(29)23-14-9-15-27(18-23,17-22-12-6-5-7-13-22)19-24(28)16-25-20(2)10-8-11-21(25)3;/h5-8,10-13,23H,4,9,14-19H2,1-3H3;/q+1;. The van der Waals surface area contributed by atoms with Gasteiger partial charge in [-0.3, -0.25) is 9.59 Å². The van der Waals surface area contributed by atoms with Gasteiger partial charge in [-0.05, 0) is 43.4 Å². The fraction of sp³-hybridized carbons (Fsp3) is 0.462. The molecule has 1 saturated heterocycles. The number of hydrogen-bond acceptors (Lipinski definition) is 2. The number of nitrogens with zero attached hydrogens (tertiary/aromatic N) is 1. The first-order valence-corrected chi connectivity index (χ1v) is 10.9. The van der Waals surface area contributed by atoms with Gasteiger partial charge in [0.2, 0.25) is 0 Å². The molecule has 1 aliphatic heterocycles. The fourth-order valence-corrected chi connectivity index (χ4v) is 4.94. The zero-order valence-corrected chi connectivity index (χ0v) is 21.5. The normalized spacial score (nSPS) is 21.0. The first-order valence-electron chi connectivity index (χ1n) is 10.9. The third-order valence-electron chi connectivity index (χ3n) is 6.49. The molecule has 0 N–H and O–H groups in total. The Kier molecular flexibility index (Phi) is 9.59. The Morgan fingerprint density at radius 1 is 1.00 bits per heavy atom. The summed E-state index contributed by atoms with van der Waals surface area (Å²) in [5.74, 6) is 0.718. The molecular weight excluding hydrogens is 447 g/mol. The fourth-order valence-electron chi connectivity index (χ4n) is 4.94. The van der Waals surface area contributed by atoms with Crippen molar-refractivity contribution in [3.63, 3.8) is 0 Å². The molecule has 1 heterocycles. The van der Waals surface area contributed by atoms with Crippen molar-refractivity contribution in [3.05, 3.63) is 70.8 Å². The zero-order valence-electron chi connectivity index (χ0n) is 18.7. The number of hydrogen-bond donors (Lipinski definition) is 0. The van der Waals surface area contributed by atoms with E-state index in [1.807, 2.05) is 19.1 Å². The maximum absolute atomic E-state index is 13.2. The van der Waals surface area contributed by atoms with Crippen molar-refractivity contribution in [2.75, 3.05) is 19.6 Å². The molecule has 2 aromatic carbocycles. The van der Waals surface area contributed by atoms with Crippen molar-refractivity contribution < 1.29 is 46.8 Å². The summed E-state index contributed by atoms with van der Waals surface area (Å²) in [5, 5.41) is 0. The monoisotopic (exact) mass is 481 g/mol. The van der Waals surface area contributed by atoms with E-state index in [4.69, 9.17) is 0 Å². The van der Waals surface area contributed by atoms with Crippen LogP contribution in [0.3, 0.4) is 0 Å². The molecule has 0 aliphatic carbocycles. The largest absolute Gasteiger partial charge is 0.313 e. The minimum atomic E-state index is 0. The van der Waals surface area contributed by atoms with Gasteiger partial charge in [0.05, 0.1) is 19.0 Å². The number of Topliss-reactive ketones (excluding diaryl/α,β-unsaturated/α-hetero) is 2. The van der Waals surface area contributed by atoms with Gasteiger partial charge in [0.25, 0.3) is 0 Å². The molecule has 2 unspecified atom stereocenters. The predicted molar refractivity (Wildman–Crippen MR) is 118 cm³/mol. The summed E-state index contributed by atoms with van der Waals surface area (Å²) >= 11 is 0. The third-order valence-corrected chi connectivity index (χ3v) is 6.49. The number of ketones is 2. The van der Waals surface area contributed by atoms with Crippen LogP contribution in [-0.4, -0.2) is 35.7 Å². The molecule has 3 rings (SSSR count). The number of likely N-dealkylation sites (tertiary alicyclic amines) is 1. The molecule has 0 amide bonds. The molecule has 0 aromatic heterocycles. The second kappa shape index (κ2) is 11.5. The van der Waals surface area contributed by atoms with Crippen molar-refractivity contribution in [2.45, 2.75) is 53.0 Å². The molecule has 1 radical (unpaired) electrons. The van der Waals surface area contributed by atoms with Crippen LogP contribution in [0.15, 0.2) is 48.5 Å². The number of quaternary nitrogens is 1. The van der Waals surface area contributed by atoms with E-state index in [0.717, 1.165) is 38.0 Å². The number of benzene rings is 2. The van der Waals surface area contributed by atoms with E-state index in [1.54, 1.807) is 0 Å². The van der Waals surface area contributed by atoms with Crippen LogP contribution < -0.4 is 0 Å². The molecule has 4 heteroatoms. The summed E-state index contributed by atoms with van der Waals surface area (Å²) in [6.07, 6.45) is 3.05. The molecule has 2 atom stereocenters.